The van der Waals surface area contributed by atoms with Gasteiger partial charge in [-0.25, -0.2) is 0 Å². The molecule has 3 aliphatic rings. The van der Waals surface area contributed by atoms with Crippen molar-refractivity contribution >= 4 is 5.91 Å². The minimum Gasteiger partial charge on any atom is -0.333 e. The Morgan fingerprint density at radius 3 is 2.57 bits per heavy atom. The molecule has 1 aromatic heterocycles. The first-order chi connectivity index (χ1) is 13.8. The van der Waals surface area contributed by atoms with Gasteiger partial charge < -0.3 is 4.90 Å². The van der Waals surface area contributed by atoms with Crippen LogP contribution in [0.5, 0.6) is 0 Å². The molecule has 0 radical (unpaired) electrons. The number of nitrogens with one attached hydrogen (secondary N) is 1. The standard InChI is InChI=1S/C23H30N4O/c28-23(21-11-12-24-25-21)27-16-20(19-5-1-2-6-22(19)27)18-9-7-17(8-10-18)15-26-13-3-4-14-26/h7-12,19-20,22H,1-6,13-16H2,(H,24,25)/t19-,20-,22-/m1/s1. The number of rotatable bonds is 4. The lowest BCUT2D eigenvalue weighted by Crippen LogP contribution is -2.39. The van der Waals surface area contributed by atoms with Crippen LogP contribution in [0.2, 0.25) is 0 Å². The van der Waals surface area contributed by atoms with E-state index in [1.807, 2.05) is 0 Å². The highest BCUT2D eigenvalue weighted by molar-refractivity contribution is 5.92. The van der Waals surface area contributed by atoms with Gasteiger partial charge in [-0.15, -0.1) is 0 Å². The van der Waals surface area contributed by atoms with Crippen LogP contribution in [-0.4, -0.2) is 51.6 Å². The third kappa shape index (κ3) is 3.37. The Morgan fingerprint density at radius 1 is 1.04 bits per heavy atom. The molecule has 3 heterocycles. The number of fused-ring (bicyclic) bond motifs is 1. The first kappa shape index (κ1) is 17.9. The molecule has 0 spiro atoms. The van der Waals surface area contributed by atoms with Gasteiger partial charge in [0.2, 0.25) is 0 Å². The fourth-order valence-corrected chi connectivity index (χ4v) is 5.66. The maximum atomic E-state index is 13.0. The summed E-state index contributed by atoms with van der Waals surface area (Å²) in [6, 6.07) is 11.4. The number of amides is 1. The monoisotopic (exact) mass is 378 g/mol. The quantitative estimate of drug-likeness (QED) is 0.880. The highest BCUT2D eigenvalue weighted by atomic mass is 16.2. The van der Waals surface area contributed by atoms with E-state index >= 15 is 0 Å². The number of carbonyl (C=O) groups excluding carboxylic acids is 1. The van der Waals surface area contributed by atoms with Crippen LogP contribution in [0.3, 0.4) is 0 Å². The van der Waals surface area contributed by atoms with Crippen molar-refractivity contribution in [3.63, 3.8) is 0 Å². The largest absolute Gasteiger partial charge is 0.333 e. The Morgan fingerprint density at radius 2 is 1.82 bits per heavy atom. The minimum absolute atomic E-state index is 0.113. The van der Waals surface area contributed by atoms with E-state index in [1.54, 1.807) is 12.3 Å². The molecular formula is C23H30N4O. The molecule has 1 amide bonds. The number of hydrogen-bond donors (Lipinski definition) is 1. The molecule has 2 aliphatic heterocycles. The highest BCUT2D eigenvalue weighted by Gasteiger charge is 2.45. The van der Waals surface area contributed by atoms with E-state index in [9.17, 15) is 4.79 Å². The van der Waals surface area contributed by atoms with Gasteiger partial charge >= 0.3 is 0 Å². The van der Waals surface area contributed by atoms with Crippen LogP contribution in [0.15, 0.2) is 36.5 Å². The summed E-state index contributed by atoms with van der Waals surface area (Å²) < 4.78 is 0. The zero-order chi connectivity index (χ0) is 18.9. The van der Waals surface area contributed by atoms with Crippen molar-refractivity contribution in [3.8, 4) is 0 Å². The van der Waals surface area contributed by atoms with Gasteiger partial charge in [0.1, 0.15) is 5.69 Å². The highest BCUT2D eigenvalue weighted by Crippen LogP contribution is 2.45. The van der Waals surface area contributed by atoms with Crippen LogP contribution in [-0.2, 0) is 6.54 Å². The van der Waals surface area contributed by atoms with E-state index in [-0.39, 0.29) is 5.91 Å². The van der Waals surface area contributed by atoms with Gasteiger partial charge in [-0.2, -0.15) is 5.10 Å². The van der Waals surface area contributed by atoms with Crippen LogP contribution in [0.1, 0.15) is 66.1 Å². The second kappa shape index (κ2) is 7.70. The minimum atomic E-state index is 0.113. The zero-order valence-electron chi connectivity index (χ0n) is 16.5. The van der Waals surface area contributed by atoms with E-state index in [0.717, 1.165) is 19.5 Å². The fourth-order valence-electron chi connectivity index (χ4n) is 5.66. The van der Waals surface area contributed by atoms with Gasteiger partial charge in [0.15, 0.2) is 0 Å². The summed E-state index contributed by atoms with van der Waals surface area (Å²) in [6.07, 6.45) is 9.23. The van der Waals surface area contributed by atoms with Gasteiger partial charge in [-0.05, 0) is 61.9 Å². The molecule has 28 heavy (non-hydrogen) atoms. The Hall–Kier alpha value is -2.14. The third-order valence-electron chi connectivity index (χ3n) is 7.10. The van der Waals surface area contributed by atoms with Gasteiger partial charge in [0.05, 0.1) is 0 Å². The molecule has 0 bridgehead atoms. The number of nitrogens with zero attached hydrogens (tertiary/aromatic N) is 3. The summed E-state index contributed by atoms with van der Waals surface area (Å²) in [5.74, 6) is 1.16. The molecule has 0 unspecified atom stereocenters. The number of aromatic amines is 1. The Balaban J connectivity index is 1.34. The lowest BCUT2D eigenvalue weighted by molar-refractivity contribution is 0.0684. The number of carbonyl (C=O) groups is 1. The van der Waals surface area contributed by atoms with Gasteiger partial charge in [0, 0.05) is 31.2 Å². The summed E-state index contributed by atoms with van der Waals surface area (Å²) in [4.78, 5) is 17.7. The lowest BCUT2D eigenvalue weighted by Gasteiger charge is -2.32. The molecule has 3 atom stereocenters. The summed E-state index contributed by atoms with van der Waals surface area (Å²) >= 11 is 0. The van der Waals surface area contributed by atoms with Crippen LogP contribution in [0, 0.1) is 5.92 Å². The molecular weight excluding hydrogens is 348 g/mol. The molecule has 5 rings (SSSR count). The first-order valence-electron chi connectivity index (χ1n) is 10.9. The summed E-state index contributed by atoms with van der Waals surface area (Å²) in [5, 5.41) is 6.83. The van der Waals surface area contributed by atoms with Crippen LogP contribution >= 0.6 is 0 Å². The molecule has 148 valence electrons. The number of likely N-dealkylation sites (tertiary alicyclic amines) is 2. The van der Waals surface area contributed by atoms with Gasteiger partial charge in [-0.3, -0.25) is 14.8 Å². The number of aromatic nitrogens is 2. The van der Waals surface area contributed by atoms with E-state index < -0.39 is 0 Å². The number of H-pyrrole nitrogens is 1. The van der Waals surface area contributed by atoms with Crippen molar-refractivity contribution in [2.24, 2.45) is 5.92 Å². The van der Waals surface area contributed by atoms with E-state index in [2.05, 4.69) is 44.3 Å². The Labute approximate surface area is 167 Å². The molecule has 2 saturated heterocycles. The zero-order valence-corrected chi connectivity index (χ0v) is 16.5. The van der Waals surface area contributed by atoms with E-state index in [0.29, 0.717) is 23.6 Å². The molecule has 1 saturated carbocycles. The van der Waals surface area contributed by atoms with Crippen molar-refractivity contribution in [2.75, 3.05) is 19.6 Å². The smallest absolute Gasteiger partial charge is 0.272 e. The van der Waals surface area contributed by atoms with Gasteiger partial charge in [-0.1, -0.05) is 37.1 Å². The molecule has 2 aromatic rings. The topological polar surface area (TPSA) is 52.2 Å². The molecule has 3 fully saturated rings. The molecule has 1 aromatic carbocycles. The van der Waals surface area contributed by atoms with Crippen molar-refractivity contribution in [3.05, 3.63) is 53.3 Å². The van der Waals surface area contributed by atoms with E-state index in [1.165, 1.54) is 56.3 Å². The summed E-state index contributed by atoms with van der Waals surface area (Å²) in [7, 11) is 0. The van der Waals surface area contributed by atoms with Crippen LogP contribution in [0.4, 0.5) is 0 Å². The average Bonchev–Trinajstić information content (AvgIpc) is 3.49. The SMILES string of the molecule is O=C(c1ccn[nH]1)N1C[C@H](c2ccc(CN3CCCC3)cc2)[C@H]2CCCC[C@H]21. The molecule has 5 heteroatoms. The van der Waals surface area contributed by atoms with Gasteiger partial charge in [0.25, 0.3) is 5.91 Å². The summed E-state index contributed by atoms with van der Waals surface area (Å²) in [5.41, 5.74) is 3.43. The van der Waals surface area contributed by atoms with Crippen molar-refractivity contribution in [2.45, 2.75) is 57.0 Å². The maximum Gasteiger partial charge on any atom is 0.272 e. The Bertz CT molecular complexity index is 795. The van der Waals surface area contributed by atoms with Crippen molar-refractivity contribution < 1.29 is 4.79 Å². The number of benzene rings is 1. The average molecular weight is 379 g/mol. The van der Waals surface area contributed by atoms with Crippen LogP contribution < -0.4 is 0 Å². The second-order valence-electron chi connectivity index (χ2n) is 8.77. The summed E-state index contributed by atoms with van der Waals surface area (Å²) in [6.45, 7) is 4.37. The van der Waals surface area contributed by atoms with E-state index in [4.69, 9.17) is 0 Å². The lowest BCUT2D eigenvalue weighted by atomic mass is 9.77. The predicted octanol–water partition coefficient (Wildman–Crippen LogP) is 3.80. The second-order valence-corrected chi connectivity index (χ2v) is 8.77. The predicted molar refractivity (Wildman–Crippen MR) is 109 cm³/mol. The van der Waals surface area contributed by atoms with Crippen molar-refractivity contribution in [1.82, 2.24) is 20.0 Å². The first-order valence-corrected chi connectivity index (χ1v) is 10.9. The van der Waals surface area contributed by atoms with Crippen molar-refractivity contribution in [1.29, 1.82) is 0 Å². The Kier molecular flexibility index (Phi) is 4.93. The fraction of sp³-hybridized carbons (Fsp3) is 0.565. The third-order valence-corrected chi connectivity index (χ3v) is 7.10. The van der Waals surface area contributed by atoms with Crippen LogP contribution in [0.25, 0.3) is 0 Å². The molecule has 1 N–H and O–H groups in total. The normalized spacial score (nSPS) is 27.9. The number of hydrogen-bond acceptors (Lipinski definition) is 3. The molecule has 5 nitrogen and oxygen atoms in total. The maximum absolute atomic E-state index is 13.0. The molecule has 1 aliphatic carbocycles.